The van der Waals surface area contributed by atoms with E-state index < -0.39 is 0 Å². The molecule has 6 rings (SSSR count). The number of hydrogen-bond acceptors (Lipinski definition) is 2. The van der Waals surface area contributed by atoms with E-state index in [1.54, 1.807) is 0 Å². The lowest BCUT2D eigenvalue weighted by Gasteiger charge is -2.31. The van der Waals surface area contributed by atoms with Crippen LogP contribution in [0.2, 0.25) is 0 Å². The molecule has 6 aromatic rings. The van der Waals surface area contributed by atoms with Crippen LogP contribution in [-0.2, 0) is 5.41 Å². The highest BCUT2D eigenvalue weighted by Crippen LogP contribution is 2.40. The number of nitrogens with zero attached hydrogens (tertiary/aromatic N) is 2. The van der Waals surface area contributed by atoms with Gasteiger partial charge in [0.15, 0.2) is 0 Å². The summed E-state index contributed by atoms with van der Waals surface area (Å²) in [7, 11) is 0. The van der Waals surface area contributed by atoms with Gasteiger partial charge < -0.3 is 9.80 Å². The molecule has 6 aromatic carbocycles. The van der Waals surface area contributed by atoms with E-state index in [1.165, 1.54) is 53.6 Å². The van der Waals surface area contributed by atoms with Gasteiger partial charge in [-0.1, -0.05) is 132 Å². The van der Waals surface area contributed by atoms with E-state index in [9.17, 15) is 0 Å². The first-order valence-corrected chi connectivity index (χ1v) is 18.6. The molecule has 0 radical (unpaired) electrons. The quantitative estimate of drug-likeness (QED) is 0.115. The Morgan fingerprint density at radius 2 is 0.780 bits per heavy atom. The molecule has 0 spiro atoms. The molecule has 0 saturated carbocycles. The highest BCUT2D eigenvalue weighted by Gasteiger charge is 2.25. The lowest BCUT2D eigenvalue weighted by Crippen LogP contribution is -2.21. The Morgan fingerprint density at radius 3 is 1.14 bits per heavy atom. The average Bonchev–Trinajstić information content (AvgIpc) is 3.17. The molecular weight excluding hydrogens is 605 g/mol. The summed E-state index contributed by atoms with van der Waals surface area (Å²) in [6, 6.07) is 57.6. The Kier molecular flexibility index (Phi) is 11.2. The molecule has 2 nitrogen and oxygen atoms in total. The Hall–Kier alpha value is -5.08. The van der Waals surface area contributed by atoms with Crippen LogP contribution >= 0.6 is 0 Å². The SMILES string of the molecule is CCCC(C)(CCC)c1ccc(N(c2ccccc2)c2ccc(-c3ccc(N(c4ccccc4)c4ccc(C(C)CC)cc4)cc3)cc2)cc1. The van der Waals surface area contributed by atoms with Crippen molar-refractivity contribution in [2.45, 2.75) is 78.1 Å². The van der Waals surface area contributed by atoms with E-state index in [0.29, 0.717) is 5.92 Å². The Bertz CT molecular complexity index is 1890. The molecule has 0 N–H and O–H groups in total. The minimum atomic E-state index is 0.215. The summed E-state index contributed by atoms with van der Waals surface area (Å²) in [6.07, 6.45) is 5.95. The third-order valence-electron chi connectivity index (χ3n) is 10.4. The minimum Gasteiger partial charge on any atom is -0.311 e. The maximum atomic E-state index is 2.43. The molecule has 0 amide bonds. The molecule has 0 aliphatic carbocycles. The Labute approximate surface area is 301 Å². The summed E-state index contributed by atoms with van der Waals surface area (Å²) >= 11 is 0. The third kappa shape index (κ3) is 7.71. The molecular formula is C48H52N2. The first-order chi connectivity index (χ1) is 24.4. The number of hydrogen-bond donors (Lipinski definition) is 0. The highest BCUT2D eigenvalue weighted by molar-refractivity contribution is 5.80. The average molecular weight is 657 g/mol. The molecule has 0 bridgehead atoms. The number of anilines is 6. The molecule has 0 aromatic heterocycles. The Balaban J connectivity index is 1.28. The van der Waals surface area contributed by atoms with Gasteiger partial charge in [0.1, 0.15) is 0 Å². The zero-order valence-electron chi connectivity index (χ0n) is 30.5. The molecule has 0 aliphatic heterocycles. The van der Waals surface area contributed by atoms with Crippen molar-refractivity contribution in [1.82, 2.24) is 0 Å². The topological polar surface area (TPSA) is 6.48 Å². The zero-order chi connectivity index (χ0) is 34.9. The second-order valence-electron chi connectivity index (χ2n) is 13.9. The standard InChI is InChI=1S/C48H52N2/c1-6-35-48(5,36-7-2)41-25-33-47(34-26-41)50(43-17-13-10-14-18-43)46-31-23-40(24-32-46)39-21-29-45(30-22-39)49(42-15-11-9-12-16-42)44-27-19-38(20-28-44)37(4)8-3/h9-34,37H,6-8,35-36H2,1-5H3. The molecule has 0 heterocycles. The largest absolute Gasteiger partial charge is 0.311 e. The zero-order valence-corrected chi connectivity index (χ0v) is 30.5. The van der Waals surface area contributed by atoms with Crippen molar-refractivity contribution in [3.8, 4) is 11.1 Å². The normalized spacial score (nSPS) is 12.0. The second kappa shape index (κ2) is 16.1. The molecule has 254 valence electrons. The summed E-state index contributed by atoms with van der Waals surface area (Å²) in [5, 5.41) is 0. The first-order valence-electron chi connectivity index (χ1n) is 18.6. The maximum Gasteiger partial charge on any atom is 0.0462 e. The molecule has 1 atom stereocenters. The van der Waals surface area contributed by atoms with Gasteiger partial charge in [0.2, 0.25) is 0 Å². The van der Waals surface area contributed by atoms with Gasteiger partial charge in [0.05, 0.1) is 0 Å². The van der Waals surface area contributed by atoms with Crippen LogP contribution in [0.5, 0.6) is 0 Å². The monoisotopic (exact) mass is 656 g/mol. The van der Waals surface area contributed by atoms with Gasteiger partial charge >= 0.3 is 0 Å². The van der Waals surface area contributed by atoms with E-state index in [1.807, 2.05) is 0 Å². The van der Waals surface area contributed by atoms with Crippen molar-refractivity contribution >= 4 is 34.1 Å². The fourth-order valence-corrected chi connectivity index (χ4v) is 7.37. The van der Waals surface area contributed by atoms with Crippen molar-refractivity contribution in [2.75, 3.05) is 9.80 Å². The van der Waals surface area contributed by atoms with Gasteiger partial charge in [-0.2, -0.15) is 0 Å². The first kappa shape index (κ1) is 34.8. The fourth-order valence-electron chi connectivity index (χ4n) is 7.37. The second-order valence-corrected chi connectivity index (χ2v) is 13.9. The maximum absolute atomic E-state index is 2.43. The lowest BCUT2D eigenvalue weighted by molar-refractivity contribution is 0.392. The van der Waals surface area contributed by atoms with Crippen LogP contribution in [-0.4, -0.2) is 0 Å². The summed E-state index contributed by atoms with van der Waals surface area (Å²) in [5.74, 6) is 0.553. The molecule has 2 heteroatoms. The van der Waals surface area contributed by atoms with Crippen molar-refractivity contribution in [3.63, 3.8) is 0 Å². The van der Waals surface area contributed by atoms with E-state index in [-0.39, 0.29) is 5.41 Å². The molecule has 1 unspecified atom stereocenters. The minimum absolute atomic E-state index is 0.215. The molecule has 50 heavy (non-hydrogen) atoms. The lowest BCUT2D eigenvalue weighted by atomic mass is 9.75. The summed E-state index contributed by atoms with van der Waals surface area (Å²) < 4.78 is 0. The van der Waals surface area contributed by atoms with Gasteiger partial charge in [-0.3, -0.25) is 0 Å². The smallest absolute Gasteiger partial charge is 0.0462 e. The number of benzene rings is 6. The fraction of sp³-hybridized carbons (Fsp3) is 0.250. The van der Waals surface area contributed by atoms with Crippen LogP contribution in [0.1, 0.15) is 83.8 Å². The van der Waals surface area contributed by atoms with Gasteiger partial charge in [-0.25, -0.2) is 0 Å². The van der Waals surface area contributed by atoms with Crippen molar-refractivity contribution in [1.29, 1.82) is 0 Å². The van der Waals surface area contributed by atoms with Crippen molar-refractivity contribution in [2.24, 2.45) is 0 Å². The van der Waals surface area contributed by atoms with E-state index in [2.05, 4.69) is 202 Å². The number of para-hydroxylation sites is 2. The van der Waals surface area contributed by atoms with Gasteiger partial charge in [0, 0.05) is 34.1 Å². The van der Waals surface area contributed by atoms with Crippen molar-refractivity contribution < 1.29 is 0 Å². The van der Waals surface area contributed by atoms with Gasteiger partial charge in [0.25, 0.3) is 0 Å². The number of rotatable bonds is 14. The molecule has 0 fully saturated rings. The summed E-state index contributed by atoms with van der Waals surface area (Å²) in [4.78, 5) is 4.70. The van der Waals surface area contributed by atoms with Crippen LogP contribution in [0.4, 0.5) is 34.1 Å². The molecule has 0 saturated heterocycles. The van der Waals surface area contributed by atoms with Crippen LogP contribution in [0.3, 0.4) is 0 Å². The van der Waals surface area contributed by atoms with Crippen LogP contribution in [0.25, 0.3) is 11.1 Å². The van der Waals surface area contributed by atoms with Crippen LogP contribution in [0.15, 0.2) is 158 Å². The van der Waals surface area contributed by atoms with Crippen LogP contribution in [0, 0.1) is 0 Å². The summed E-state index contributed by atoms with van der Waals surface area (Å²) in [5.41, 5.74) is 12.3. The Morgan fingerprint density at radius 1 is 0.440 bits per heavy atom. The predicted octanol–water partition coefficient (Wildman–Crippen LogP) is 14.7. The van der Waals surface area contributed by atoms with E-state index in [4.69, 9.17) is 0 Å². The van der Waals surface area contributed by atoms with Crippen molar-refractivity contribution in [3.05, 3.63) is 169 Å². The van der Waals surface area contributed by atoms with Crippen LogP contribution < -0.4 is 9.80 Å². The van der Waals surface area contributed by atoms with E-state index in [0.717, 1.165) is 34.9 Å². The molecule has 0 aliphatic rings. The highest BCUT2D eigenvalue weighted by atomic mass is 15.1. The summed E-state index contributed by atoms with van der Waals surface area (Å²) in [6.45, 7) is 11.6. The van der Waals surface area contributed by atoms with E-state index >= 15 is 0 Å². The van der Waals surface area contributed by atoms with Gasteiger partial charge in [-0.15, -0.1) is 0 Å². The van der Waals surface area contributed by atoms with Gasteiger partial charge in [-0.05, 0) is 126 Å². The third-order valence-corrected chi connectivity index (χ3v) is 10.4. The predicted molar refractivity (Wildman–Crippen MR) is 217 cm³/mol.